The van der Waals surface area contributed by atoms with Crippen LogP contribution in [0.2, 0.25) is 0 Å². The van der Waals surface area contributed by atoms with Gasteiger partial charge in [0.15, 0.2) is 11.0 Å². The first kappa shape index (κ1) is 7.30. The van der Waals surface area contributed by atoms with Crippen LogP contribution in [0.1, 0.15) is 10.4 Å². The van der Waals surface area contributed by atoms with Crippen molar-refractivity contribution in [2.45, 2.75) is 4.90 Å². The van der Waals surface area contributed by atoms with E-state index < -0.39 is 11.0 Å². The third-order valence-corrected chi connectivity index (χ3v) is 2.74. The van der Waals surface area contributed by atoms with Gasteiger partial charge in [-0.25, -0.2) is 4.21 Å². The summed E-state index contributed by atoms with van der Waals surface area (Å²) in [5.41, 5.74) is 6.42. The molecule has 1 atom stereocenters. The van der Waals surface area contributed by atoms with Crippen molar-refractivity contribution in [3.05, 3.63) is 23.8 Å². The van der Waals surface area contributed by atoms with Crippen LogP contribution in [-0.2, 0) is 11.0 Å². The van der Waals surface area contributed by atoms with Gasteiger partial charge in [0.25, 0.3) is 5.91 Å². The molecule has 0 bridgehead atoms. The molecule has 1 aromatic carbocycles. The molecular weight excluding hydrogens is 176 g/mol. The third kappa shape index (κ3) is 0.902. The first-order valence-corrected chi connectivity index (χ1v) is 4.46. The van der Waals surface area contributed by atoms with Crippen molar-refractivity contribution < 1.29 is 9.00 Å². The van der Waals surface area contributed by atoms with Gasteiger partial charge in [0, 0.05) is 5.69 Å². The fourth-order valence-corrected chi connectivity index (χ4v) is 2.07. The smallest absolute Gasteiger partial charge is 0.264 e. The van der Waals surface area contributed by atoms with Crippen molar-refractivity contribution in [3.8, 4) is 0 Å². The summed E-state index contributed by atoms with van der Waals surface area (Å²) in [5.74, 6) is -0.302. The van der Waals surface area contributed by atoms with Gasteiger partial charge in [0.05, 0.1) is 10.5 Å². The summed E-state index contributed by atoms with van der Waals surface area (Å²) in [6, 6.07) is 4.73. The molecule has 1 heterocycles. The number of rotatable bonds is 0. The minimum Gasteiger partial charge on any atom is -0.399 e. The molecule has 12 heavy (non-hydrogen) atoms. The van der Waals surface area contributed by atoms with Gasteiger partial charge in [-0.05, 0) is 18.2 Å². The van der Waals surface area contributed by atoms with E-state index in [0.717, 1.165) is 0 Å². The lowest BCUT2D eigenvalue weighted by atomic mass is 10.2. The minimum absolute atomic E-state index is 0.302. The van der Waals surface area contributed by atoms with Crippen molar-refractivity contribution in [1.82, 2.24) is 4.72 Å². The average molecular weight is 182 g/mol. The molecule has 1 amide bonds. The van der Waals surface area contributed by atoms with Gasteiger partial charge in [-0.3, -0.25) is 9.52 Å². The molecule has 0 aliphatic carbocycles. The Kier molecular flexibility index (Phi) is 1.41. The first-order chi connectivity index (χ1) is 5.68. The molecule has 4 nitrogen and oxygen atoms in total. The van der Waals surface area contributed by atoms with Crippen LogP contribution in [0.25, 0.3) is 0 Å². The van der Waals surface area contributed by atoms with Crippen LogP contribution in [0.5, 0.6) is 0 Å². The molecule has 1 unspecified atom stereocenters. The number of carbonyl (C=O) groups excluding carboxylic acids is 1. The first-order valence-electron chi connectivity index (χ1n) is 3.31. The van der Waals surface area contributed by atoms with Gasteiger partial charge in [-0.15, -0.1) is 0 Å². The molecule has 1 aromatic rings. The zero-order chi connectivity index (χ0) is 8.72. The number of nitrogen functional groups attached to an aromatic ring is 1. The Morgan fingerprint density at radius 1 is 1.42 bits per heavy atom. The van der Waals surface area contributed by atoms with Gasteiger partial charge in [-0.2, -0.15) is 0 Å². The van der Waals surface area contributed by atoms with E-state index in [0.29, 0.717) is 16.1 Å². The molecule has 1 aliphatic heterocycles. The maximum absolute atomic E-state index is 11.2. The number of benzene rings is 1. The minimum atomic E-state index is -1.42. The summed E-state index contributed by atoms with van der Waals surface area (Å²) in [7, 11) is -1.42. The lowest BCUT2D eigenvalue weighted by Gasteiger charge is -1.94. The second kappa shape index (κ2) is 2.31. The van der Waals surface area contributed by atoms with Crippen molar-refractivity contribution in [2.24, 2.45) is 0 Å². The Hall–Kier alpha value is -1.36. The monoisotopic (exact) mass is 182 g/mol. The third-order valence-electron chi connectivity index (χ3n) is 1.64. The zero-order valence-electron chi connectivity index (χ0n) is 6.03. The predicted octanol–water partition coefficient (Wildman–Crippen LogP) is 0.0348. The molecule has 2 rings (SSSR count). The number of nitrogens with one attached hydrogen (secondary N) is 1. The fourth-order valence-electron chi connectivity index (χ4n) is 1.07. The molecule has 0 radical (unpaired) electrons. The highest BCUT2D eigenvalue weighted by atomic mass is 32.2. The van der Waals surface area contributed by atoms with Crippen molar-refractivity contribution in [1.29, 1.82) is 0 Å². The van der Waals surface area contributed by atoms with Gasteiger partial charge in [0.2, 0.25) is 0 Å². The van der Waals surface area contributed by atoms with Crippen molar-refractivity contribution in [3.63, 3.8) is 0 Å². The van der Waals surface area contributed by atoms with Crippen LogP contribution in [-0.4, -0.2) is 10.1 Å². The highest BCUT2D eigenvalue weighted by Gasteiger charge is 2.25. The Bertz CT molecular complexity index is 389. The van der Waals surface area contributed by atoms with Crippen molar-refractivity contribution >= 4 is 22.6 Å². The van der Waals surface area contributed by atoms with E-state index in [-0.39, 0.29) is 5.91 Å². The Balaban J connectivity index is 2.68. The molecular formula is C7H6N2O2S. The molecule has 0 aromatic heterocycles. The molecule has 5 heteroatoms. The van der Waals surface area contributed by atoms with E-state index >= 15 is 0 Å². The molecule has 0 saturated carbocycles. The number of amides is 1. The highest BCUT2D eigenvalue weighted by molar-refractivity contribution is 7.84. The van der Waals surface area contributed by atoms with E-state index in [1.807, 2.05) is 0 Å². The van der Waals surface area contributed by atoms with E-state index in [9.17, 15) is 9.00 Å². The quantitative estimate of drug-likeness (QED) is 0.556. The molecule has 1 aliphatic rings. The number of fused-ring (bicyclic) bond motifs is 1. The van der Waals surface area contributed by atoms with Crippen LogP contribution in [0.4, 0.5) is 5.69 Å². The van der Waals surface area contributed by atoms with Gasteiger partial charge < -0.3 is 5.73 Å². The number of nitrogens with two attached hydrogens (primary N) is 1. The largest absolute Gasteiger partial charge is 0.399 e. The number of carbonyl (C=O) groups is 1. The lowest BCUT2D eigenvalue weighted by molar-refractivity contribution is 0.0986. The maximum atomic E-state index is 11.2. The van der Waals surface area contributed by atoms with Crippen LogP contribution in [0.3, 0.4) is 0 Å². The van der Waals surface area contributed by atoms with Crippen LogP contribution in [0, 0.1) is 0 Å². The highest BCUT2D eigenvalue weighted by Crippen LogP contribution is 2.21. The molecule has 0 spiro atoms. The van der Waals surface area contributed by atoms with Crippen molar-refractivity contribution in [2.75, 3.05) is 5.73 Å². The van der Waals surface area contributed by atoms with Gasteiger partial charge in [-0.1, -0.05) is 0 Å². The normalized spacial score (nSPS) is 20.3. The number of hydrogen-bond donors (Lipinski definition) is 2. The second-order valence-electron chi connectivity index (χ2n) is 2.46. The molecule has 3 N–H and O–H groups in total. The molecule has 62 valence electrons. The second-order valence-corrected chi connectivity index (χ2v) is 3.64. The number of hydrogen-bond acceptors (Lipinski definition) is 3. The Morgan fingerprint density at radius 3 is 2.92 bits per heavy atom. The summed E-state index contributed by atoms with van der Waals surface area (Å²) >= 11 is 0. The van der Waals surface area contributed by atoms with Gasteiger partial charge in [0.1, 0.15) is 0 Å². The topological polar surface area (TPSA) is 72.2 Å². The average Bonchev–Trinajstić information content (AvgIpc) is 2.28. The Labute approximate surface area is 71.4 Å². The molecule has 0 fully saturated rings. The summed E-state index contributed by atoms with van der Waals surface area (Å²) in [6.45, 7) is 0. The summed E-state index contributed by atoms with van der Waals surface area (Å²) in [5, 5.41) is 0. The Morgan fingerprint density at radius 2 is 2.17 bits per heavy atom. The van der Waals surface area contributed by atoms with E-state index in [4.69, 9.17) is 5.73 Å². The molecule has 0 saturated heterocycles. The van der Waals surface area contributed by atoms with Crippen LogP contribution in [0.15, 0.2) is 23.1 Å². The summed E-state index contributed by atoms with van der Waals surface area (Å²) in [6.07, 6.45) is 0. The standard InChI is InChI=1S/C7H6N2O2S/c8-4-1-2-5-6(3-4)12(11)9-7(5)10/h1-3H,8H2,(H,9,10). The fraction of sp³-hybridized carbons (Fsp3) is 0. The van der Waals surface area contributed by atoms with E-state index in [1.165, 1.54) is 0 Å². The zero-order valence-corrected chi connectivity index (χ0v) is 6.85. The SMILES string of the molecule is Nc1ccc2c(c1)S(=O)NC2=O. The lowest BCUT2D eigenvalue weighted by Crippen LogP contribution is -2.15. The van der Waals surface area contributed by atoms with Crippen LogP contribution >= 0.6 is 0 Å². The van der Waals surface area contributed by atoms with E-state index in [1.54, 1.807) is 18.2 Å². The maximum Gasteiger partial charge on any atom is 0.264 e. The number of anilines is 1. The van der Waals surface area contributed by atoms with Crippen LogP contribution < -0.4 is 10.5 Å². The van der Waals surface area contributed by atoms with Gasteiger partial charge >= 0.3 is 0 Å². The summed E-state index contributed by atoms with van der Waals surface area (Å²) in [4.78, 5) is 11.5. The summed E-state index contributed by atoms with van der Waals surface area (Å²) < 4.78 is 13.4. The van der Waals surface area contributed by atoms with E-state index in [2.05, 4.69) is 4.72 Å². The predicted molar refractivity (Wildman–Crippen MR) is 44.7 cm³/mol.